The Morgan fingerprint density at radius 2 is 1.90 bits per heavy atom. The highest BCUT2D eigenvalue weighted by molar-refractivity contribution is 9.10. The van der Waals surface area contributed by atoms with E-state index in [1.807, 2.05) is 24.3 Å². The van der Waals surface area contributed by atoms with Crippen molar-refractivity contribution in [2.45, 2.75) is 18.9 Å². The number of aliphatic carboxylic acids is 2. The molecule has 3 rings (SSSR count). The average molecular weight is 496 g/mol. The molecular formula is C19H14BrNO6S2. The van der Waals surface area contributed by atoms with E-state index in [2.05, 4.69) is 15.9 Å². The molecule has 1 amide bonds. The van der Waals surface area contributed by atoms with Gasteiger partial charge in [-0.05, 0) is 30.7 Å². The van der Waals surface area contributed by atoms with Crippen LogP contribution in [0, 0.1) is 0 Å². The van der Waals surface area contributed by atoms with Crippen molar-refractivity contribution < 1.29 is 29.0 Å². The van der Waals surface area contributed by atoms with Gasteiger partial charge in [0.15, 0.2) is 0 Å². The Balaban J connectivity index is 1.81. The molecule has 1 saturated heterocycles. The molecule has 10 heteroatoms. The molecule has 0 radical (unpaired) electrons. The van der Waals surface area contributed by atoms with E-state index >= 15 is 0 Å². The molecule has 150 valence electrons. The number of amides is 1. The SMILES string of the molecule is O=C(O)CCC(C(=O)O)N1C(=O)/C(=C/c2ccc(-c3ccc(Br)cc3)o2)SC1=S. The summed E-state index contributed by atoms with van der Waals surface area (Å²) in [5.74, 6) is -2.00. The Kier molecular flexibility index (Phi) is 6.56. The van der Waals surface area contributed by atoms with Crippen LogP contribution in [0.25, 0.3) is 17.4 Å². The lowest BCUT2D eigenvalue weighted by Crippen LogP contribution is -2.44. The standard InChI is InChI=1S/C19H14BrNO6S2/c20-11-3-1-10(2-4-11)14-7-5-12(27-14)9-15-17(24)21(19(28)29-15)13(18(25)26)6-8-16(22)23/h1-5,7,9,13H,6,8H2,(H,22,23)(H,25,26)/b15-9-. The summed E-state index contributed by atoms with van der Waals surface area (Å²) in [6.07, 6.45) is 0.873. The van der Waals surface area contributed by atoms with E-state index in [1.165, 1.54) is 6.08 Å². The van der Waals surface area contributed by atoms with Gasteiger partial charge in [-0.3, -0.25) is 14.5 Å². The number of rotatable bonds is 7. The zero-order chi connectivity index (χ0) is 21.1. The number of carboxylic acids is 2. The number of halogens is 1. The van der Waals surface area contributed by atoms with Crippen molar-refractivity contribution in [3.63, 3.8) is 0 Å². The molecule has 0 saturated carbocycles. The van der Waals surface area contributed by atoms with Crippen molar-refractivity contribution in [2.75, 3.05) is 0 Å². The lowest BCUT2D eigenvalue weighted by Gasteiger charge is -2.22. The molecule has 1 fully saturated rings. The monoisotopic (exact) mass is 495 g/mol. The summed E-state index contributed by atoms with van der Waals surface area (Å²) >= 11 is 9.49. The fourth-order valence-corrected chi connectivity index (χ4v) is 4.30. The second kappa shape index (κ2) is 8.93. The van der Waals surface area contributed by atoms with E-state index in [4.69, 9.17) is 21.7 Å². The van der Waals surface area contributed by atoms with Crippen LogP contribution in [0.4, 0.5) is 0 Å². The van der Waals surface area contributed by atoms with E-state index in [0.29, 0.717) is 11.5 Å². The molecule has 2 heterocycles. The third-order valence-corrected chi connectivity index (χ3v) is 5.94. The largest absolute Gasteiger partial charge is 0.481 e. The molecule has 0 aliphatic carbocycles. The Hall–Kier alpha value is -2.43. The van der Waals surface area contributed by atoms with Crippen LogP contribution >= 0.6 is 39.9 Å². The molecular weight excluding hydrogens is 482 g/mol. The van der Waals surface area contributed by atoms with Crippen LogP contribution < -0.4 is 0 Å². The molecule has 1 atom stereocenters. The molecule has 1 aromatic carbocycles. The minimum Gasteiger partial charge on any atom is -0.481 e. The van der Waals surface area contributed by atoms with E-state index < -0.39 is 23.9 Å². The van der Waals surface area contributed by atoms with Gasteiger partial charge in [-0.2, -0.15) is 0 Å². The summed E-state index contributed by atoms with van der Waals surface area (Å²) in [5.41, 5.74) is 0.861. The molecule has 2 aromatic rings. The average Bonchev–Trinajstić information content (AvgIpc) is 3.22. The number of hydrogen-bond donors (Lipinski definition) is 2. The highest BCUT2D eigenvalue weighted by Gasteiger charge is 2.40. The van der Waals surface area contributed by atoms with E-state index in [1.54, 1.807) is 12.1 Å². The molecule has 0 spiro atoms. The van der Waals surface area contributed by atoms with Gasteiger partial charge in [0.25, 0.3) is 5.91 Å². The Morgan fingerprint density at radius 1 is 1.21 bits per heavy atom. The minimum absolute atomic E-state index is 0.0683. The van der Waals surface area contributed by atoms with Crippen molar-refractivity contribution in [3.8, 4) is 11.3 Å². The van der Waals surface area contributed by atoms with Crippen LogP contribution in [0.3, 0.4) is 0 Å². The summed E-state index contributed by atoms with van der Waals surface area (Å²) in [5, 5.41) is 18.2. The topological polar surface area (TPSA) is 108 Å². The number of carboxylic acid groups (broad SMARTS) is 2. The predicted octanol–water partition coefficient (Wildman–Crippen LogP) is 4.23. The Bertz CT molecular complexity index is 1010. The maximum absolute atomic E-state index is 12.7. The van der Waals surface area contributed by atoms with Crippen molar-refractivity contribution in [1.29, 1.82) is 0 Å². The number of furan rings is 1. The van der Waals surface area contributed by atoms with Gasteiger partial charge >= 0.3 is 11.9 Å². The van der Waals surface area contributed by atoms with Crippen LogP contribution in [0.1, 0.15) is 18.6 Å². The van der Waals surface area contributed by atoms with Crippen molar-refractivity contribution in [2.24, 2.45) is 0 Å². The van der Waals surface area contributed by atoms with Gasteiger partial charge in [-0.1, -0.05) is 52.0 Å². The highest BCUT2D eigenvalue weighted by Crippen LogP contribution is 2.35. The number of nitrogens with zero attached hydrogens (tertiary/aromatic N) is 1. The summed E-state index contributed by atoms with van der Waals surface area (Å²) in [4.78, 5) is 36.2. The summed E-state index contributed by atoms with van der Waals surface area (Å²) in [7, 11) is 0. The van der Waals surface area contributed by atoms with Gasteiger partial charge in [0, 0.05) is 22.5 Å². The number of thiocarbonyl (C=S) groups is 1. The van der Waals surface area contributed by atoms with Gasteiger partial charge in [0.2, 0.25) is 0 Å². The van der Waals surface area contributed by atoms with Crippen LogP contribution in [-0.2, 0) is 14.4 Å². The number of hydrogen-bond acceptors (Lipinski definition) is 6. The fraction of sp³-hybridized carbons (Fsp3) is 0.158. The van der Waals surface area contributed by atoms with Gasteiger partial charge in [0.1, 0.15) is 21.9 Å². The van der Waals surface area contributed by atoms with Crippen LogP contribution in [0.15, 0.2) is 50.2 Å². The fourth-order valence-electron chi connectivity index (χ4n) is 2.70. The third-order valence-electron chi connectivity index (χ3n) is 4.08. The summed E-state index contributed by atoms with van der Waals surface area (Å²) in [6.45, 7) is 0. The smallest absolute Gasteiger partial charge is 0.326 e. The quantitative estimate of drug-likeness (QED) is 0.433. The second-order valence-electron chi connectivity index (χ2n) is 6.05. The zero-order valence-corrected chi connectivity index (χ0v) is 17.9. The summed E-state index contributed by atoms with van der Waals surface area (Å²) in [6, 6.07) is 9.65. The van der Waals surface area contributed by atoms with E-state index in [0.717, 1.165) is 26.7 Å². The third kappa shape index (κ3) is 4.95. The maximum atomic E-state index is 12.7. The molecule has 1 aliphatic rings. The second-order valence-corrected chi connectivity index (χ2v) is 8.64. The number of thioether (sulfide) groups is 1. The number of carbonyl (C=O) groups is 3. The van der Waals surface area contributed by atoms with Gasteiger partial charge in [-0.25, -0.2) is 4.79 Å². The first-order chi connectivity index (χ1) is 13.8. The van der Waals surface area contributed by atoms with Crippen LogP contribution in [-0.4, -0.2) is 43.3 Å². The van der Waals surface area contributed by atoms with Crippen molar-refractivity contribution in [3.05, 3.63) is 51.5 Å². The zero-order valence-electron chi connectivity index (χ0n) is 14.7. The first-order valence-corrected chi connectivity index (χ1v) is 10.4. The van der Waals surface area contributed by atoms with Gasteiger partial charge < -0.3 is 14.6 Å². The lowest BCUT2D eigenvalue weighted by atomic mass is 10.1. The molecule has 7 nitrogen and oxygen atoms in total. The number of benzene rings is 1. The molecule has 1 aliphatic heterocycles. The molecule has 29 heavy (non-hydrogen) atoms. The van der Waals surface area contributed by atoms with Gasteiger partial charge in [-0.15, -0.1) is 0 Å². The molecule has 0 bridgehead atoms. The van der Waals surface area contributed by atoms with E-state index in [-0.39, 0.29) is 22.1 Å². The molecule has 1 unspecified atom stereocenters. The number of carbonyl (C=O) groups excluding carboxylic acids is 1. The summed E-state index contributed by atoms with van der Waals surface area (Å²) < 4.78 is 6.77. The van der Waals surface area contributed by atoms with Crippen molar-refractivity contribution >= 4 is 68.2 Å². The van der Waals surface area contributed by atoms with Crippen LogP contribution in [0.5, 0.6) is 0 Å². The molecule has 1 aromatic heterocycles. The first kappa shape index (κ1) is 21.3. The van der Waals surface area contributed by atoms with Gasteiger partial charge in [0.05, 0.1) is 4.91 Å². The Labute approximate surface area is 183 Å². The Morgan fingerprint density at radius 3 is 2.52 bits per heavy atom. The first-order valence-electron chi connectivity index (χ1n) is 8.33. The van der Waals surface area contributed by atoms with Crippen molar-refractivity contribution in [1.82, 2.24) is 4.90 Å². The lowest BCUT2D eigenvalue weighted by molar-refractivity contribution is -0.146. The highest BCUT2D eigenvalue weighted by atomic mass is 79.9. The van der Waals surface area contributed by atoms with E-state index in [9.17, 15) is 19.5 Å². The predicted molar refractivity (Wildman–Crippen MR) is 115 cm³/mol. The normalized spacial score (nSPS) is 16.4. The molecule has 2 N–H and O–H groups in total. The van der Waals surface area contributed by atoms with Crippen LogP contribution in [0.2, 0.25) is 0 Å². The maximum Gasteiger partial charge on any atom is 0.326 e. The minimum atomic E-state index is -1.33.